The van der Waals surface area contributed by atoms with Crippen LogP contribution < -0.4 is 5.73 Å². The van der Waals surface area contributed by atoms with E-state index in [0.717, 1.165) is 28.9 Å². The molecular formula is C14H18ClN3O. The number of hydrogen-bond acceptors (Lipinski definition) is 3. The molecule has 0 amide bonds. The summed E-state index contributed by atoms with van der Waals surface area (Å²) in [6, 6.07) is 5.84. The van der Waals surface area contributed by atoms with E-state index in [1.54, 1.807) is 11.8 Å². The highest BCUT2D eigenvalue weighted by Crippen LogP contribution is 2.27. The number of nitrogens with two attached hydrogens (primary N) is 1. The summed E-state index contributed by atoms with van der Waals surface area (Å²) in [4.78, 5) is 0. The van der Waals surface area contributed by atoms with Crippen molar-refractivity contribution >= 4 is 17.4 Å². The zero-order valence-corrected chi connectivity index (χ0v) is 12.2. The van der Waals surface area contributed by atoms with Crippen molar-refractivity contribution < 1.29 is 4.74 Å². The van der Waals surface area contributed by atoms with Gasteiger partial charge in [-0.2, -0.15) is 5.10 Å². The number of methoxy groups -OCH3 is 1. The quantitative estimate of drug-likeness (QED) is 0.936. The molecule has 0 aliphatic carbocycles. The van der Waals surface area contributed by atoms with E-state index in [1.165, 1.54) is 0 Å². The summed E-state index contributed by atoms with van der Waals surface area (Å²) >= 11 is 6.31. The van der Waals surface area contributed by atoms with Crippen molar-refractivity contribution in [2.75, 3.05) is 19.5 Å². The molecule has 1 aromatic heterocycles. The topological polar surface area (TPSA) is 53.1 Å². The molecular weight excluding hydrogens is 262 g/mol. The molecule has 0 aliphatic rings. The van der Waals surface area contributed by atoms with Crippen molar-refractivity contribution in [2.24, 2.45) is 0 Å². The maximum Gasteiger partial charge on any atom is 0.127 e. The van der Waals surface area contributed by atoms with E-state index in [2.05, 4.69) is 11.2 Å². The second-order valence-corrected chi connectivity index (χ2v) is 5.03. The third kappa shape index (κ3) is 2.91. The molecule has 0 saturated carbocycles. The largest absolute Gasteiger partial charge is 0.384 e. The van der Waals surface area contributed by atoms with Crippen LogP contribution in [0.5, 0.6) is 0 Å². The molecule has 102 valence electrons. The van der Waals surface area contributed by atoms with Crippen molar-refractivity contribution in [3.63, 3.8) is 0 Å². The van der Waals surface area contributed by atoms with E-state index in [9.17, 15) is 0 Å². The molecule has 4 nitrogen and oxygen atoms in total. The van der Waals surface area contributed by atoms with Crippen LogP contribution in [-0.2, 0) is 11.2 Å². The smallest absolute Gasteiger partial charge is 0.127 e. The summed E-state index contributed by atoms with van der Waals surface area (Å²) < 4.78 is 6.74. The Bertz CT molecular complexity index is 569. The first-order chi connectivity index (χ1) is 9.02. The second kappa shape index (κ2) is 5.63. The van der Waals surface area contributed by atoms with Gasteiger partial charge in [-0.3, -0.25) is 0 Å². The lowest BCUT2D eigenvalue weighted by Crippen LogP contribution is -2.05. The van der Waals surface area contributed by atoms with Crippen molar-refractivity contribution in [3.8, 4) is 5.69 Å². The van der Waals surface area contributed by atoms with Gasteiger partial charge in [-0.25, -0.2) is 4.68 Å². The molecule has 1 heterocycles. The van der Waals surface area contributed by atoms with Crippen molar-refractivity contribution in [1.82, 2.24) is 9.78 Å². The van der Waals surface area contributed by atoms with Gasteiger partial charge in [-0.1, -0.05) is 17.7 Å². The Labute approximate surface area is 118 Å². The van der Waals surface area contributed by atoms with Crippen LogP contribution in [0.25, 0.3) is 5.69 Å². The maximum absolute atomic E-state index is 6.31. The van der Waals surface area contributed by atoms with Gasteiger partial charge in [0.15, 0.2) is 0 Å². The summed E-state index contributed by atoms with van der Waals surface area (Å²) in [5.41, 5.74) is 9.94. The minimum Gasteiger partial charge on any atom is -0.384 e. The van der Waals surface area contributed by atoms with Crippen LogP contribution in [-0.4, -0.2) is 23.5 Å². The number of nitrogens with zero attached hydrogens (tertiary/aromatic N) is 2. The summed E-state index contributed by atoms with van der Waals surface area (Å²) in [7, 11) is 1.67. The Hall–Kier alpha value is -1.52. The van der Waals surface area contributed by atoms with Gasteiger partial charge >= 0.3 is 0 Å². The summed E-state index contributed by atoms with van der Waals surface area (Å²) in [5.74, 6) is 0.583. The zero-order valence-electron chi connectivity index (χ0n) is 11.4. The molecule has 0 aliphatic heterocycles. The van der Waals surface area contributed by atoms with Crippen LogP contribution in [0.2, 0.25) is 5.02 Å². The molecule has 19 heavy (non-hydrogen) atoms. The number of halogens is 1. The normalized spacial score (nSPS) is 10.9. The predicted molar refractivity (Wildman–Crippen MR) is 78.0 cm³/mol. The predicted octanol–water partition coefficient (Wildman–Crippen LogP) is 2.91. The number of aromatic nitrogens is 2. The third-order valence-electron chi connectivity index (χ3n) is 2.96. The molecule has 2 rings (SSSR count). The van der Waals surface area contributed by atoms with Gasteiger partial charge in [0.1, 0.15) is 5.82 Å². The standard InChI is InChI=1S/C14H18ClN3O/c1-9-6-10(2)14(12(15)7-9)18-13(16)8-11(17-18)4-5-19-3/h6-8H,4-5,16H2,1-3H3. The third-order valence-corrected chi connectivity index (χ3v) is 3.25. The lowest BCUT2D eigenvalue weighted by atomic mass is 10.1. The molecule has 2 aromatic rings. The average Bonchev–Trinajstić information content (AvgIpc) is 2.67. The zero-order chi connectivity index (χ0) is 14.0. The average molecular weight is 280 g/mol. The van der Waals surface area contributed by atoms with E-state index in [4.69, 9.17) is 22.1 Å². The van der Waals surface area contributed by atoms with Crippen LogP contribution in [0.15, 0.2) is 18.2 Å². The van der Waals surface area contributed by atoms with Gasteiger partial charge in [0.05, 0.1) is 23.0 Å². The van der Waals surface area contributed by atoms with Gasteiger partial charge in [-0.05, 0) is 31.0 Å². The monoisotopic (exact) mass is 279 g/mol. The Morgan fingerprint density at radius 3 is 2.68 bits per heavy atom. The van der Waals surface area contributed by atoms with Gasteiger partial charge in [-0.15, -0.1) is 0 Å². The highest BCUT2D eigenvalue weighted by atomic mass is 35.5. The lowest BCUT2D eigenvalue weighted by Gasteiger charge is -2.11. The van der Waals surface area contributed by atoms with E-state index >= 15 is 0 Å². The Balaban J connectivity index is 2.44. The molecule has 0 atom stereocenters. The first-order valence-corrected chi connectivity index (χ1v) is 6.51. The van der Waals surface area contributed by atoms with Gasteiger partial charge in [0, 0.05) is 19.6 Å². The van der Waals surface area contributed by atoms with Crippen molar-refractivity contribution in [2.45, 2.75) is 20.3 Å². The second-order valence-electron chi connectivity index (χ2n) is 4.63. The van der Waals surface area contributed by atoms with Gasteiger partial charge in [0.2, 0.25) is 0 Å². The van der Waals surface area contributed by atoms with Crippen LogP contribution in [0.4, 0.5) is 5.82 Å². The number of benzene rings is 1. The first-order valence-electron chi connectivity index (χ1n) is 6.13. The van der Waals surface area contributed by atoms with Crippen LogP contribution in [0, 0.1) is 13.8 Å². The minimum absolute atomic E-state index is 0.583. The highest BCUT2D eigenvalue weighted by molar-refractivity contribution is 6.32. The maximum atomic E-state index is 6.31. The Morgan fingerprint density at radius 2 is 2.05 bits per heavy atom. The fourth-order valence-corrected chi connectivity index (χ4v) is 2.53. The number of rotatable bonds is 4. The summed E-state index contributed by atoms with van der Waals surface area (Å²) in [6.45, 7) is 4.64. The highest BCUT2D eigenvalue weighted by Gasteiger charge is 2.13. The number of ether oxygens (including phenoxy) is 1. The molecule has 0 radical (unpaired) electrons. The van der Waals surface area contributed by atoms with Crippen LogP contribution in [0.1, 0.15) is 16.8 Å². The van der Waals surface area contributed by atoms with Gasteiger partial charge < -0.3 is 10.5 Å². The summed E-state index contributed by atoms with van der Waals surface area (Å²) in [6.07, 6.45) is 0.732. The van der Waals surface area contributed by atoms with Gasteiger partial charge in [0.25, 0.3) is 0 Å². The van der Waals surface area contributed by atoms with E-state index in [-0.39, 0.29) is 0 Å². The number of aryl methyl sites for hydroxylation is 2. The van der Waals surface area contributed by atoms with Crippen LogP contribution >= 0.6 is 11.6 Å². The van der Waals surface area contributed by atoms with Crippen molar-refractivity contribution in [1.29, 1.82) is 0 Å². The van der Waals surface area contributed by atoms with E-state index in [1.807, 2.05) is 26.0 Å². The Kier molecular flexibility index (Phi) is 4.12. The van der Waals surface area contributed by atoms with Crippen LogP contribution in [0.3, 0.4) is 0 Å². The SMILES string of the molecule is COCCc1cc(N)n(-c2c(C)cc(C)cc2Cl)n1. The lowest BCUT2D eigenvalue weighted by molar-refractivity contribution is 0.201. The Morgan fingerprint density at radius 1 is 1.32 bits per heavy atom. The van der Waals surface area contributed by atoms with E-state index < -0.39 is 0 Å². The molecule has 5 heteroatoms. The fourth-order valence-electron chi connectivity index (χ4n) is 2.13. The number of hydrogen-bond donors (Lipinski definition) is 1. The van der Waals surface area contributed by atoms with Crippen molar-refractivity contribution in [3.05, 3.63) is 40.0 Å². The van der Waals surface area contributed by atoms with E-state index in [0.29, 0.717) is 17.4 Å². The summed E-state index contributed by atoms with van der Waals surface area (Å²) in [5, 5.41) is 5.15. The molecule has 1 aromatic carbocycles. The molecule has 0 unspecified atom stereocenters. The first kappa shape index (κ1) is 13.9. The molecule has 0 fully saturated rings. The number of nitrogen functional groups attached to an aromatic ring is 1. The minimum atomic E-state index is 0.583. The molecule has 0 spiro atoms. The number of anilines is 1. The fraction of sp³-hybridized carbons (Fsp3) is 0.357. The molecule has 0 bridgehead atoms. The molecule has 0 saturated heterocycles. The molecule has 2 N–H and O–H groups in total.